The summed E-state index contributed by atoms with van der Waals surface area (Å²) in [5, 5.41) is 3.24. The molecule has 15 heavy (non-hydrogen) atoms. The molecule has 3 nitrogen and oxygen atoms in total. The third-order valence-electron chi connectivity index (χ3n) is 2.85. The first kappa shape index (κ1) is 10.3. The highest BCUT2D eigenvalue weighted by Gasteiger charge is 2.29. The number of ether oxygens (including phenoxy) is 2. The second-order valence-electron chi connectivity index (χ2n) is 3.88. The molecule has 82 valence electrons. The largest absolute Gasteiger partial charge is 0.497 e. The zero-order valence-electron chi connectivity index (χ0n) is 9.19. The fraction of sp³-hybridized carbons (Fsp3) is 0.500. The maximum atomic E-state index is 5.80. The maximum absolute atomic E-state index is 5.80. The minimum absolute atomic E-state index is 0.356. The van der Waals surface area contributed by atoms with E-state index in [1.807, 2.05) is 31.3 Å². The van der Waals surface area contributed by atoms with Crippen LogP contribution in [0.2, 0.25) is 0 Å². The van der Waals surface area contributed by atoms with Crippen LogP contribution in [0.25, 0.3) is 0 Å². The predicted molar refractivity (Wildman–Crippen MR) is 59.5 cm³/mol. The number of nitrogens with one attached hydrogen (secondary N) is 1. The Hall–Kier alpha value is -1.22. The van der Waals surface area contributed by atoms with Gasteiger partial charge in [-0.15, -0.1) is 0 Å². The third-order valence-corrected chi connectivity index (χ3v) is 2.85. The Labute approximate surface area is 90.4 Å². The fourth-order valence-electron chi connectivity index (χ4n) is 1.76. The van der Waals surface area contributed by atoms with Crippen molar-refractivity contribution in [1.82, 2.24) is 5.32 Å². The zero-order valence-corrected chi connectivity index (χ0v) is 9.19. The molecule has 2 rings (SSSR count). The highest BCUT2D eigenvalue weighted by atomic mass is 16.5. The van der Waals surface area contributed by atoms with E-state index in [9.17, 15) is 0 Å². The Morgan fingerprint density at radius 3 is 2.67 bits per heavy atom. The average Bonchev–Trinajstić information content (AvgIpc) is 2.23. The van der Waals surface area contributed by atoms with Crippen LogP contribution in [0.3, 0.4) is 0 Å². The molecule has 0 radical (unpaired) electrons. The summed E-state index contributed by atoms with van der Waals surface area (Å²) in [5.74, 6) is 1.74. The van der Waals surface area contributed by atoms with Gasteiger partial charge in [0.2, 0.25) is 0 Å². The molecule has 1 fully saturated rings. The Morgan fingerprint density at radius 1 is 1.27 bits per heavy atom. The van der Waals surface area contributed by atoms with Crippen molar-refractivity contribution in [3.63, 3.8) is 0 Å². The lowest BCUT2D eigenvalue weighted by molar-refractivity contribution is 0.0882. The zero-order chi connectivity index (χ0) is 10.7. The second-order valence-corrected chi connectivity index (χ2v) is 3.88. The van der Waals surface area contributed by atoms with Crippen LogP contribution in [0.1, 0.15) is 12.8 Å². The standard InChI is InChI=1S/C12H17NO2/c1-13-9-6-12(7-9)15-11-5-3-4-10(8-11)14-2/h3-5,8-9,12-13H,6-7H2,1-2H3. The van der Waals surface area contributed by atoms with E-state index in [0.717, 1.165) is 24.3 Å². The van der Waals surface area contributed by atoms with E-state index >= 15 is 0 Å². The first-order chi connectivity index (χ1) is 7.31. The van der Waals surface area contributed by atoms with Crippen LogP contribution in [-0.2, 0) is 0 Å². The van der Waals surface area contributed by atoms with Crippen LogP contribution in [0.5, 0.6) is 11.5 Å². The summed E-state index contributed by atoms with van der Waals surface area (Å²) < 4.78 is 10.9. The van der Waals surface area contributed by atoms with Gasteiger partial charge in [-0.2, -0.15) is 0 Å². The minimum Gasteiger partial charge on any atom is -0.497 e. The highest BCUT2D eigenvalue weighted by molar-refractivity contribution is 5.33. The SMILES string of the molecule is CNC1CC(Oc2cccc(OC)c2)C1. The van der Waals surface area contributed by atoms with Crippen LogP contribution in [0, 0.1) is 0 Å². The van der Waals surface area contributed by atoms with Gasteiger partial charge in [0.1, 0.15) is 17.6 Å². The maximum Gasteiger partial charge on any atom is 0.123 e. The first-order valence-corrected chi connectivity index (χ1v) is 5.30. The molecule has 0 amide bonds. The van der Waals surface area contributed by atoms with Crippen molar-refractivity contribution < 1.29 is 9.47 Å². The molecular formula is C12H17NO2. The Bertz CT molecular complexity index is 321. The summed E-state index contributed by atoms with van der Waals surface area (Å²) in [4.78, 5) is 0. The quantitative estimate of drug-likeness (QED) is 0.817. The van der Waals surface area contributed by atoms with Gasteiger partial charge in [0.25, 0.3) is 0 Å². The van der Waals surface area contributed by atoms with E-state index in [-0.39, 0.29) is 0 Å². The molecule has 1 saturated carbocycles. The molecule has 1 aliphatic carbocycles. The van der Waals surface area contributed by atoms with E-state index in [1.54, 1.807) is 7.11 Å². The summed E-state index contributed by atoms with van der Waals surface area (Å²) in [6.07, 6.45) is 2.54. The van der Waals surface area contributed by atoms with Gasteiger partial charge in [0.05, 0.1) is 7.11 Å². The molecule has 1 aromatic rings. The lowest BCUT2D eigenvalue weighted by Gasteiger charge is -2.35. The Balaban J connectivity index is 1.88. The van der Waals surface area contributed by atoms with E-state index < -0.39 is 0 Å². The molecule has 0 atom stereocenters. The van der Waals surface area contributed by atoms with Gasteiger partial charge in [-0.25, -0.2) is 0 Å². The molecule has 1 N–H and O–H groups in total. The van der Waals surface area contributed by atoms with Gasteiger partial charge >= 0.3 is 0 Å². The van der Waals surface area contributed by atoms with Gasteiger partial charge in [-0.3, -0.25) is 0 Å². The summed E-state index contributed by atoms with van der Waals surface area (Å²) >= 11 is 0. The number of hydrogen-bond acceptors (Lipinski definition) is 3. The predicted octanol–water partition coefficient (Wildman–Crippen LogP) is 1.82. The lowest BCUT2D eigenvalue weighted by atomic mass is 9.89. The van der Waals surface area contributed by atoms with Gasteiger partial charge in [-0.05, 0) is 32.0 Å². The van der Waals surface area contributed by atoms with Gasteiger partial charge in [0, 0.05) is 12.1 Å². The normalized spacial score (nSPS) is 24.4. The fourth-order valence-corrected chi connectivity index (χ4v) is 1.76. The second kappa shape index (κ2) is 4.53. The summed E-state index contributed by atoms with van der Waals surface area (Å²) in [6.45, 7) is 0. The van der Waals surface area contributed by atoms with Crippen molar-refractivity contribution in [2.75, 3.05) is 14.2 Å². The van der Waals surface area contributed by atoms with E-state index in [0.29, 0.717) is 12.1 Å². The Morgan fingerprint density at radius 2 is 2.00 bits per heavy atom. The first-order valence-electron chi connectivity index (χ1n) is 5.30. The smallest absolute Gasteiger partial charge is 0.123 e. The summed E-state index contributed by atoms with van der Waals surface area (Å²) in [7, 11) is 3.66. The molecular weight excluding hydrogens is 190 g/mol. The number of hydrogen-bond donors (Lipinski definition) is 1. The van der Waals surface area contributed by atoms with Crippen molar-refractivity contribution in [2.24, 2.45) is 0 Å². The highest BCUT2D eigenvalue weighted by Crippen LogP contribution is 2.27. The molecule has 0 aliphatic heterocycles. The number of methoxy groups -OCH3 is 1. The lowest BCUT2D eigenvalue weighted by Crippen LogP contribution is -2.45. The average molecular weight is 207 g/mol. The number of rotatable bonds is 4. The molecule has 0 bridgehead atoms. The van der Waals surface area contributed by atoms with Crippen LogP contribution in [-0.4, -0.2) is 26.3 Å². The minimum atomic E-state index is 0.356. The van der Waals surface area contributed by atoms with Gasteiger partial charge < -0.3 is 14.8 Å². The molecule has 1 aromatic carbocycles. The topological polar surface area (TPSA) is 30.5 Å². The summed E-state index contributed by atoms with van der Waals surface area (Å²) in [6, 6.07) is 8.38. The molecule has 0 saturated heterocycles. The van der Waals surface area contributed by atoms with E-state index in [4.69, 9.17) is 9.47 Å². The summed E-state index contributed by atoms with van der Waals surface area (Å²) in [5.41, 5.74) is 0. The van der Waals surface area contributed by atoms with Crippen molar-refractivity contribution in [3.05, 3.63) is 24.3 Å². The molecule has 0 unspecified atom stereocenters. The third kappa shape index (κ3) is 2.42. The van der Waals surface area contributed by atoms with Crippen LogP contribution in [0.4, 0.5) is 0 Å². The number of benzene rings is 1. The van der Waals surface area contributed by atoms with Gasteiger partial charge in [0.15, 0.2) is 0 Å². The van der Waals surface area contributed by atoms with Crippen molar-refractivity contribution in [3.8, 4) is 11.5 Å². The van der Waals surface area contributed by atoms with E-state index in [1.165, 1.54) is 0 Å². The molecule has 0 spiro atoms. The molecule has 1 aliphatic rings. The van der Waals surface area contributed by atoms with Crippen LogP contribution >= 0.6 is 0 Å². The van der Waals surface area contributed by atoms with Crippen molar-refractivity contribution in [2.45, 2.75) is 25.0 Å². The monoisotopic (exact) mass is 207 g/mol. The molecule has 0 heterocycles. The van der Waals surface area contributed by atoms with Crippen LogP contribution < -0.4 is 14.8 Å². The van der Waals surface area contributed by atoms with Crippen molar-refractivity contribution in [1.29, 1.82) is 0 Å². The van der Waals surface area contributed by atoms with Crippen molar-refractivity contribution >= 4 is 0 Å². The van der Waals surface area contributed by atoms with E-state index in [2.05, 4.69) is 5.32 Å². The Kier molecular flexibility index (Phi) is 3.11. The molecule has 0 aromatic heterocycles. The van der Waals surface area contributed by atoms with Gasteiger partial charge in [-0.1, -0.05) is 6.07 Å². The van der Waals surface area contributed by atoms with Crippen LogP contribution in [0.15, 0.2) is 24.3 Å². The molecule has 3 heteroatoms.